The molecule has 0 aliphatic carbocycles. The third kappa shape index (κ3) is 3.76. The Hall–Kier alpha value is -0.0500. The summed E-state index contributed by atoms with van der Waals surface area (Å²) in [6.07, 6.45) is 6.66. The van der Waals surface area contributed by atoms with Gasteiger partial charge in [-0.3, -0.25) is 4.79 Å². The van der Waals surface area contributed by atoms with E-state index in [-0.39, 0.29) is 0 Å². The van der Waals surface area contributed by atoms with Gasteiger partial charge in [0.15, 0.2) is 0 Å². The number of nitrogens with zero attached hydrogens (tertiary/aromatic N) is 1. The highest BCUT2D eigenvalue weighted by atomic mass is 79.9. The van der Waals surface area contributed by atoms with Gasteiger partial charge in [-0.1, -0.05) is 49.0 Å². The first kappa shape index (κ1) is 14.0. The summed E-state index contributed by atoms with van der Waals surface area (Å²) in [7, 11) is 0. The molecule has 1 aliphatic heterocycles. The smallest absolute Gasteiger partial charge is 0.222 e. The Kier molecular flexibility index (Phi) is 6.40. The second-order valence-electron chi connectivity index (χ2n) is 4.89. The molecule has 1 rings (SSSR count). The molecule has 2 unspecified atom stereocenters. The average Bonchev–Trinajstić information content (AvgIpc) is 2.65. The van der Waals surface area contributed by atoms with Crippen molar-refractivity contribution in [1.82, 2.24) is 4.90 Å². The molecule has 0 N–H and O–H groups in total. The normalized spacial score (nSPS) is 25.1. The summed E-state index contributed by atoms with van der Waals surface area (Å²) in [6.45, 7) is 5.41. The van der Waals surface area contributed by atoms with E-state index in [1.165, 1.54) is 19.3 Å². The number of halogens is 1. The fraction of sp³-hybridized carbons (Fsp3) is 0.923. The number of hydrogen-bond acceptors (Lipinski definition) is 1. The van der Waals surface area contributed by atoms with Gasteiger partial charge >= 0.3 is 0 Å². The Morgan fingerprint density at radius 3 is 2.75 bits per heavy atom. The van der Waals surface area contributed by atoms with Crippen LogP contribution in [0.2, 0.25) is 0 Å². The lowest BCUT2D eigenvalue weighted by molar-refractivity contribution is -0.132. The molecule has 94 valence electrons. The largest absolute Gasteiger partial charge is 0.339 e. The highest BCUT2D eigenvalue weighted by molar-refractivity contribution is 9.09. The van der Waals surface area contributed by atoms with Gasteiger partial charge in [-0.05, 0) is 18.8 Å². The molecule has 3 heteroatoms. The van der Waals surface area contributed by atoms with E-state index >= 15 is 0 Å². The number of unbranched alkanes of at least 4 members (excludes halogenated alkanes) is 3. The Labute approximate surface area is 108 Å². The molecule has 0 spiro atoms. The summed E-state index contributed by atoms with van der Waals surface area (Å²) in [4.78, 5) is 14.1. The Morgan fingerprint density at radius 2 is 2.12 bits per heavy atom. The van der Waals surface area contributed by atoms with Gasteiger partial charge in [-0.15, -0.1) is 0 Å². The van der Waals surface area contributed by atoms with Crippen LogP contribution in [-0.4, -0.2) is 28.7 Å². The average molecular weight is 290 g/mol. The molecule has 1 aliphatic rings. The van der Waals surface area contributed by atoms with Gasteiger partial charge in [0.25, 0.3) is 0 Å². The lowest BCUT2D eigenvalue weighted by Crippen LogP contribution is -2.38. The second-order valence-corrected chi connectivity index (χ2v) is 5.53. The Morgan fingerprint density at radius 1 is 1.38 bits per heavy atom. The fourth-order valence-corrected chi connectivity index (χ4v) is 3.39. The zero-order valence-corrected chi connectivity index (χ0v) is 12.1. The van der Waals surface area contributed by atoms with E-state index in [0.29, 0.717) is 17.9 Å². The van der Waals surface area contributed by atoms with E-state index in [1.807, 2.05) is 0 Å². The quantitative estimate of drug-likeness (QED) is 0.541. The molecule has 0 aromatic heterocycles. The van der Waals surface area contributed by atoms with Crippen molar-refractivity contribution in [3.63, 3.8) is 0 Å². The predicted octanol–water partition coefficient (Wildman–Crippen LogP) is 3.59. The van der Waals surface area contributed by atoms with Crippen molar-refractivity contribution in [3.05, 3.63) is 0 Å². The summed E-state index contributed by atoms with van der Waals surface area (Å²) < 4.78 is 0. The van der Waals surface area contributed by atoms with Crippen LogP contribution >= 0.6 is 15.9 Å². The molecule has 2 nitrogen and oxygen atoms in total. The molecular weight excluding hydrogens is 266 g/mol. The number of rotatable bonds is 6. The molecule has 1 amide bonds. The van der Waals surface area contributed by atoms with Crippen molar-refractivity contribution < 1.29 is 4.79 Å². The molecule has 0 bridgehead atoms. The van der Waals surface area contributed by atoms with Gasteiger partial charge in [0.05, 0.1) is 0 Å². The first-order chi connectivity index (χ1) is 7.70. The minimum Gasteiger partial charge on any atom is -0.339 e. The molecule has 1 saturated heterocycles. The summed E-state index contributed by atoms with van der Waals surface area (Å²) in [5.74, 6) is 1.02. The number of likely N-dealkylation sites (tertiary alicyclic amines) is 1. The van der Waals surface area contributed by atoms with Crippen LogP contribution < -0.4 is 0 Å². The molecule has 2 atom stereocenters. The van der Waals surface area contributed by atoms with Crippen molar-refractivity contribution in [2.75, 3.05) is 11.9 Å². The molecule has 1 fully saturated rings. The van der Waals surface area contributed by atoms with Crippen molar-refractivity contribution in [2.45, 2.75) is 58.4 Å². The predicted molar refractivity (Wildman–Crippen MR) is 71.8 cm³/mol. The van der Waals surface area contributed by atoms with Gasteiger partial charge in [-0.2, -0.15) is 0 Å². The first-order valence-electron chi connectivity index (χ1n) is 6.56. The minimum absolute atomic E-state index is 0.366. The highest BCUT2D eigenvalue weighted by Crippen LogP contribution is 2.26. The molecule has 0 aromatic rings. The number of carbonyl (C=O) groups excluding carboxylic acids is 1. The fourth-order valence-electron chi connectivity index (χ4n) is 2.40. The van der Waals surface area contributed by atoms with Crippen LogP contribution in [0.5, 0.6) is 0 Å². The monoisotopic (exact) mass is 289 g/mol. The van der Waals surface area contributed by atoms with Crippen LogP contribution in [-0.2, 0) is 4.79 Å². The molecule has 0 aromatic carbocycles. The maximum absolute atomic E-state index is 12.0. The molecular formula is C13H24BrNO. The third-order valence-electron chi connectivity index (χ3n) is 3.61. The second kappa shape index (κ2) is 7.31. The van der Waals surface area contributed by atoms with Crippen LogP contribution in [0.1, 0.15) is 52.4 Å². The van der Waals surface area contributed by atoms with E-state index in [2.05, 4.69) is 34.7 Å². The Balaban J connectivity index is 2.30. The lowest BCUT2D eigenvalue weighted by atomic mass is 10.0. The van der Waals surface area contributed by atoms with Gasteiger partial charge in [0, 0.05) is 24.3 Å². The molecule has 0 saturated carbocycles. The van der Waals surface area contributed by atoms with Crippen LogP contribution in [0, 0.1) is 5.92 Å². The number of alkyl halides is 1. The lowest BCUT2D eigenvalue weighted by Gasteiger charge is -2.25. The van der Waals surface area contributed by atoms with Crippen LogP contribution in [0.4, 0.5) is 0 Å². The van der Waals surface area contributed by atoms with E-state index < -0.39 is 0 Å². The summed E-state index contributed by atoms with van der Waals surface area (Å²) in [5, 5.41) is 0.925. The van der Waals surface area contributed by atoms with Crippen molar-refractivity contribution >= 4 is 21.8 Å². The number of amides is 1. The van der Waals surface area contributed by atoms with Crippen LogP contribution in [0.15, 0.2) is 0 Å². The van der Waals surface area contributed by atoms with Gasteiger partial charge in [0.1, 0.15) is 0 Å². The maximum Gasteiger partial charge on any atom is 0.222 e. The highest BCUT2D eigenvalue weighted by Gasteiger charge is 2.32. The third-order valence-corrected chi connectivity index (χ3v) is 4.27. The van der Waals surface area contributed by atoms with Crippen molar-refractivity contribution in [3.8, 4) is 0 Å². The summed E-state index contributed by atoms with van der Waals surface area (Å²) in [6, 6.07) is 0.429. The van der Waals surface area contributed by atoms with Gasteiger partial charge in [-0.25, -0.2) is 0 Å². The van der Waals surface area contributed by atoms with E-state index in [0.717, 1.165) is 31.1 Å². The summed E-state index contributed by atoms with van der Waals surface area (Å²) >= 11 is 3.52. The standard InChI is InChI=1S/C13H24BrNO/c1-3-4-5-6-7-13(16)15-9-8-11(2)12(15)10-14/h11-12H,3-10H2,1-2H3. The van der Waals surface area contributed by atoms with E-state index in [9.17, 15) is 4.79 Å². The van der Waals surface area contributed by atoms with E-state index in [4.69, 9.17) is 0 Å². The first-order valence-corrected chi connectivity index (χ1v) is 7.68. The summed E-state index contributed by atoms with van der Waals surface area (Å²) in [5.41, 5.74) is 0. The van der Waals surface area contributed by atoms with Gasteiger partial charge in [0.2, 0.25) is 5.91 Å². The Bertz CT molecular complexity index is 220. The van der Waals surface area contributed by atoms with Gasteiger partial charge < -0.3 is 4.90 Å². The molecule has 0 radical (unpaired) electrons. The van der Waals surface area contributed by atoms with Crippen molar-refractivity contribution in [1.29, 1.82) is 0 Å². The van der Waals surface area contributed by atoms with Crippen molar-refractivity contribution in [2.24, 2.45) is 5.92 Å². The topological polar surface area (TPSA) is 20.3 Å². The zero-order valence-electron chi connectivity index (χ0n) is 10.5. The number of carbonyl (C=O) groups is 1. The van der Waals surface area contributed by atoms with Crippen LogP contribution in [0.3, 0.4) is 0 Å². The zero-order chi connectivity index (χ0) is 12.0. The SMILES string of the molecule is CCCCCCC(=O)N1CCC(C)C1CBr. The van der Waals surface area contributed by atoms with E-state index in [1.54, 1.807) is 0 Å². The molecule has 16 heavy (non-hydrogen) atoms. The van der Waals surface area contributed by atoms with Crippen LogP contribution in [0.25, 0.3) is 0 Å². The minimum atomic E-state index is 0.366. The molecule has 1 heterocycles. The number of hydrogen-bond donors (Lipinski definition) is 0. The maximum atomic E-state index is 12.0.